The van der Waals surface area contributed by atoms with E-state index in [1.165, 1.54) is 0 Å². The zero-order chi connectivity index (χ0) is 45.5. The van der Waals surface area contributed by atoms with Crippen molar-refractivity contribution < 1.29 is 38.2 Å². The Kier molecular flexibility index (Phi) is 21.9. The molecule has 1 aromatic rings. The number of carbonyl (C=O) groups is 5. The van der Waals surface area contributed by atoms with Crippen LogP contribution in [0.2, 0.25) is 19.1 Å². The van der Waals surface area contributed by atoms with Gasteiger partial charge in [0.15, 0.2) is 8.32 Å². The van der Waals surface area contributed by atoms with Crippen LogP contribution in [0.1, 0.15) is 86.1 Å². The Bertz CT molecular complexity index is 1500. The van der Waals surface area contributed by atoms with Crippen molar-refractivity contribution in [2.24, 2.45) is 23.7 Å². The molecule has 8 unspecified atom stereocenters. The molecule has 0 bridgehead atoms. The van der Waals surface area contributed by atoms with Gasteiger partial charge in [-0.1, -0.05) is 85.2 Å². The first kappa shape index (κ1) is 52.8. The van der Waals surface area contributed by atoms with Crippen molar-refractivity contribution in [3.05, 3.63) is 35.9 Å². The standard InChI is InChI=1S/C45H80N6O8Si/c1-15-31(6)40(50(10)45(56)38(29(2)3)48-44(55)39(30(4)5)49(8)9)36(58-11)28-37(52)51-25-19-23-35(51)41(59-12)32(7)42(53)47-34(27-33-21-17-16-18-22-33)43(54)46-24-20-26-60(13,14)57/h16-18,21-22,29-32,34-36,38-41,57H,15,19-20,23-28H2,1-14H3,(H,46,54)(H,47,53)(H,48,55)/t31?,32?,34?,35-,36?,38?,39?,40?,41?/m0/s1. The summed E-state index contributed by atoms with van der Waals surface area (Å²) in [7, 11) is 6.27. The number of nitrogens with one attached hydrogen (secondary N) is 3. The lowest BCUT2D eigenvalue weighted by atomic mass is 9.89. The molecule has 1 aliphatic heterocycles. The van der Waals surface area contributed by atoms with Crippen LogP contribution >= 0.6 is 0 Å². The van der Waals surface area contributed by atoms with Gasteiger partial charge in [0.2, 0.25) is 29.5 Å². The van der Waals surface area contributed by atoms with Crippen molar-refractivity contribution in [3.8, 4) is 0 Å². The number of benzene rings is 1. The number of rotatable bonds is 25. The van der Waals surface area contributed by atoms with E-state index in [9.17, 15) is 28.8 Å². The van der Waals surface area contributed by atoms with Gasteiger partial charge < -0.3 is 40.0 Å². The molecule has 1 heterocycles. The van der Waals surface area contributed by atoms with Gasteiger partial charge in [-0.05, 0) is 75.8 Å². The van der Waals surface area contributed by atoms with Crippen LogP contribution < -0.4 is 16.0 Å². The SMILES string of the molecule is CCC(C)C(C(CC(=O)N1CCC[C@H]1C(OC)C(C)C(=O)NC(Cc1ccccc1)C(=O)NCCC[Si](C)(C)O)OC)N(C)C(=O)C(NC(=O)C(C(C)C)N(C)C)C(C)C. The molecule has 4 N–H and O–H groups in total. The number of hydrogen-bond donors (Lipinski definition) is 4. The average Bonchev–Trinajstić information content (AvgIpc) is 3.67. The maximum Gasteiger partial charge on any atom is 0.245 e. The minimum Gasteiger partial charge on any atom is -0.432 e. The first-order valence-corrected chi connectivity index (χ1v) is 25.2. The van der Waals surface area contributed by atoms with Gasteiger partial charge in [0.05, 0.1) is 42.7 Å². The average molecular weight is 861 g/mol. The number of nitrogens with zero attached hydrogens (tertiary/aromatic N) is 3. The minimum absolute atomic E-state index is 0.000664. The van der Waals surface area contributed by atoms with Crippen molar-refractivity contribution in [3.63, 3.8) is 0 Å². The highest BCUT2D eigenvalue weighted by molar-refractivity contribution is 6.69. The molecule has 60 heavy (non-hydrogen) atoms. The van der Waals surface area contributed by atoms with Crippen LogP contribution in [0.3, 0.4) is 0 Å². The highest BCUT2D eigenvalue weighted by atomic mass is 28.4. The zero-order valence-electron chi connectivity index (χ0n) is 39.2. The monoisotopic (exact) mass is 861 g/mol. The fraction of sp³-hybridized carbons (Fsp3) is 0.756. The summed E-state index contributed by atoms with van der Waals surface area (Å²) in [4.78, 5) is 85.2. The van der Waals surface area contributed by atoms with E-state index in [4.69, 9.17) is 9.47 Å². The summed E-state index contributed by atoms with van der Waals surface area (Å²) < 4.78 is 12.1. The third-order valence-electron chi connectivity index (χ3n) is 12.1. The summed E-state index contributed by atoms with van der Waals surface area (Å²) in [6, 6.07) is 7.26. The van der Waals surface area contributed by atoms with Gasteiger partial charge in [-0.3, -0.25) is 28.9 Å². The minimum atomic E-state index is -2.26. The maximum atomic E-state index is 14.4. The topological polar surface area (TPSA) is 170 Å². The Morgan fingerprint density at radius 1 is 0.900 bits per heavy atom. The molecule has 0 radical (unpaired) electrons. The van der Waals surface area contributed by atoms with Crippen LogP contribution in [0.4, 0.5) is 0 Å². The van der Waals surface area contributed by atoms with E-state index in [1.807, 2.05) is 104 Å². The molecular weight excluding hydrogens is 781 g/mol. The summed E-state index contributed by atoms with van der Waals surface area (Å²) in [6.07, 6.45) is 1.71. The van der Waals surface area contributed by atoms with Crippen LogP contribution in [0.5, 0.6) is 0 Å². The molecule has 0 aromatic heterocycles. The van der Waals surface area contributed by atoms with Gasteiger partial charge in [-0.15, -0.1) is 0 Å². The van der Waals surface area contributed by atoms with E-state index >= 15 is 0 Å². The molecule has 2 rings (SSSR count). The van der Waals surface area contributed by atoms with Crippen LogP contribution in [-0.2, 0) is 39.9 Å². The fourth-order valence-electron chi connectivity index (χ4n) is 8.63. The maximum absolute atomic E-state index is 14.4. The number of carbonyl (C=O) groups excluding carboxylic acids is 5. The molecule has 14 nitrogen and oxygen atoms in total. The zero-order valence-corrected chi connectivity index (χ0v) is 40.2. The number of likely N-dealkylation sites (tertiary alicyclic amines) is 1. The lowest BCUT2D eigenvalue weighted by molar-refractivity contribution is -0.148. The van der Waals surface area contributed by atoms with Crippen LogP contribution in [0.15, 0.2) is 30.3 Å². The molecule has 1 saturated heterocycles. The number of amides is 5. The van der Waals surface area contributed by atoms with Crippen molar-refractivity contribution in [1.82, 2.24) is 30.7 Å². The third kappa shape index (κ3) is 15.5. The Hall–Kier alpha value is -3.37. The van der Waals surface area contributed by atoms with E-state index in [1.54, 1.807) is 38.0 Å². The number of methoxy groups -OCH3 is 2. The van der Waals surface area contributed by atoms with Crippen molar-refractivity contribution >= 4 is 37.9 Å². The lowest BCUT2D eigenvalue weighted by Crippen LogP contribution is -2.59. The first-order valence-electron chi connectivity index (χ1n) is 22.0. The lowest BCUT2D eigenvalue weighted by Gasteiger charge is -2.41. The second-order valence-corrected chi connectivity index (χ2v) is 22.6. The Morgan fingerprint density at radius 3 is 2.05 bits per heavy atom. The van der Waals surface area contributed by atoms with Gasteiger partial charge in [0, 0.05) is 40.8 Å². The van der Waals surface area contributed by atoms with Crippen LogP contribution in [0, 0.1) is 23.7 Å². The molecule has 1 fully saturated rings. The quantitative estimate of drug-likeness (QED) is 0.0837. The molecule has 0 saturated carbocycles. The number of hydrogen-bond acceptors (Lipinski definition) is 9. The second kappa shape index (κ2) is 24.9. The predicted molar refractivity (Wildman–Crippen MR) is 239 cm³/mol. The van der Waals surface area contributed by atoms with Crippen molar-refractivity contribution in [1.29, 1.82) is 0 Å². The summed E-state index contributed by atoms with van der Waals surface area (Å²) >= 11 is 0. The third-order valence-corrected chi connectivity index (χ3v) is 13.7. The number of ether oxygens (including phenoxy) is 2. The van der Waals surface area contributed by atoms with Gasteiger partial charge in [-0.25, -0.2) is 0 Å². The van der Waals surface area contributed by atoms with Gasteiger partial charge in [0.25, 0.3) is 0 Å². The molecule has 342 valence electrons. The Labute approximate surface area is 362 Å². The highest BCUT2D eigenvalue weighted by Gasteiger charge is 2.43. The van der Waals surface area contributed by atoms with Gasteiger partial charge in [0.1, 0.15) is 12.1 Å². The summed E-state index contributed by atoms with van der Waals surface area (Å²) in [5.74, 6) is -2.18. The molecule has 15 heteroatoms. The number of likely N-dealkylation sites (N-methyl/N-ethyl adjacent to an activating group) is 2. The Morgan fingerprint density at radius 2 is 1.53 bits per heavy atom. The van der Waals surface area contributed by atoms with E-state index in [0.717, 1.165) is 18.4 Å². The summed E-state index contributed by atoms with van der Waals surface area (Å²) in [5.41, 5.74) is 0.898. The molecule has 1 aliphatic rings. The normalized spacial score (nSPS) is 18.6. The smallest absolute Gasteiger partial charge is 0.245 e. The molecule has 0 aliphatic carbocycles. The van der Waals surface area contributed by atoms with Crippen molar-refractivity contribution in [2.75, 3.05) is 48.5 Å². The molecular formula is C45H80N6O8Si. The summed E-state index contributed by atoms with van der Waals surface area (Å²) in [6.45, 7) is 18.2. The Balaban J connectivity index is 2.29. The molecule has 1 aromatic carbocycles. The van der Waals surface area contributed by atoms with Crippen molar-refractivity contribution in [2.45, 2.75) is 149 Å². The fourth-order valence-corrected chi connectivity index (χ4v) is 9.67. The van der Waals surface area contributed by atoms with E-state index < -0.39 is 56.7 Å². The second-order valence-electron chi connectivity index (χ2n) is 18.4. The van der Waals surface area contributed by atoms with Crippen LogP contribution in [-0.4, -0.2) is 148 Å². The van der Waals surface area contributed by atoms with Crippen LogP contribution in [0.25, 0.3) is 0 Å². The molecule has 9 atom stereocenters. The molecule has 0 spiro atoms. The van der Waals surface area contributed by atoms with E-state index in [0.29, 0.717) is 38.4 Å². The molecule has 5 amide bonds. The summed E-state index contributed by atoms with van der Waals surface area (Å²) in [5, 5.41) is 8.98. The largest absolute Gasteiger partial charge is 0.432 e. The van der Waals surface area contributed by atoms with E-state index in [-0.39, 0.29) is 53.7 Å². The highest BCUT2D eigenvalue weighted by Crippen LogP contribution is 2.30. The first-order chi connectivity index (χ1) is 28.1. The van der Waals surface area contributed by atoms with Gasteiger partial charge in [-0.2, -0.15) is 0 Å². The van der Waals surface area contributed by atoms with Gasteiger partial charge >= 0.3 is 0 Å². The predicted octanol–water partition coefficient (Wildman–Crippen LogP) is 4.06. The van der Waals surface area contributed by atoms with E-state index in [2.05, 4.69) is 16.0 Å².